The minimum absolute atomic E-state index is 0.133. The first kappa shape index (κ1) is 15.0. The van der Waals surface area contributed by atoms with E-state index in [-0.39, 0.29) is 19.0 Å². The molecular formula is C13H19N3O3. The van der Waals surface area contributed by atoms with Gasteiger partial charge in [0.25, 0.3) is 0 Å². The van der Waals surface area contributed by atoms with Crippen molar-refractivity contribution in [2.45, 2.75) is 19.4 Å². The fourth-order valence-corrected chi connectivity index (χ4v) is 1.23. The van der Waals surface area contributed by atoms with Crippen LogP contribution in [0.15, 0.2) is 30.3 Å². The van der Waals surface area contributed by atoms with Gasteiger partial charge in [0.2, 0.25) is 5.91 Å². The monoisotopic (exact) mass is 265 g/mol. The van der Waals surface area contributed by atoms with Gasteiger partial charge in [-0.2, -0.15) is 0 Å². The lowest BCUT2D eigenvalue weighted by Crippen LogP contribution is -2.43. The highest BCUT2D eigenvalue weighted by atomic mass is 16.3. The first-order chi connectivity index (χ1) is 8.87. The summed E-state index contributed by atoms with van der Waals surface area (Å²) >= 11 is 0. The third-order valence-electron chi connectivity index (χ3n) is 2.16. The second-order valence-corrected chi connectivity index (χ2v) is 4.76. The van der Waals surface area contributed by atoms with Gasteiger partial charge in [-0.1, -0.05) is 18.2 Å². The molecule has 0 fully saturated rings. The van der Waals surface area contributed by atoms with E-state index >= 15 is 0 Å². The highest BCUT2D eigenvalue weighted by molar-refractivity contribution is 5.92. The van der Waals surface area contributed by atoms with E-state index in [1.54, 1.807) is 38.1 Å². The van der Waals surface area contributed by atoms with Crippen LogP contribution in [-0.2, 0) is 4.79 Å². The summed E-state index contributed by atoms with van der Waals surface area (Å²) in [6, 6.07) is 8.47. The second-order valence-electron chi connectivity index (χ2n) is 4.76. The largest absolute Gasteiger partial charge is 0.389 e. The highest BCUT2D eigenvalue weighted by Crippen LogP contribution is 2.03. The van der Waals surface area contributed by atoms with Crippen LogP contribution in [0.25, 0.3) is 0 Å². The van der Waals surface area contributed by atoms with E-state index in [2.05, 4.69) is 16.0 Å². The summed E-state index contributed by atoms with van der Waals surface area (Å²) in [6.07, 6.45) is 0. The Labute approximate surface area is 112 Å². The minimum Gasteiger partial charge on any atom is -0.389 e. The van der Waals surface area contributed by atoms with E-state index in [0.717, 1.165) is 0 Å². The van der Waals surface area contributed by atoms with Gasteiger partial charge in [0.05, 0.1) is 12.1 Å². The molecule has 0 spiro atoms. The van der Waals surface area contributed by atoms with Crippen LogP contribution in [0.1, 0.15) is 13.8 Å². The van der Waals surface area contributed by atoms with Crippen LogP contribution in [0.3, 0.4) is 0 Å². The molecule has 0 aliphatic carbocycles. The lowest BCUT2D eigenvalue weighted by Gasteiger charge is -2.17. The summed E-state index contributed by atoms with van der Waals surface area (Å²) in [7, 11) is 0. The maximum atomic E-state index is 11.5. The van der Waals surface area contributed by atoms with Crippen LogP contribution >= 0.6 is 0 Å². The van der Waals surface area contributed by atoms with Crippen LogP contribution in [-0.4, -0.2) is 35.7 Å². The fraction of sp³-hybridized carbons (Fsp3) is 0.385. The van der Waals surface area contributed by atoms with Crippen molar-refractivity contribution in [2.24, 2.45) is 0 Å². The van der Waals surface area contributed by atoms with Gasteiger partial charge < -0.3 is 21.1 Å². The molecule has 0 unspecified atom stereocenters. The Morgan fingerprint density at radius 2 is 1.79 bits per heavy atom. The Balaban J connectivity index is 2.25. The molecule has 0 aliphatic heterocycles. The molecule has 1 aromatic carbocycles. The number of para-hydroxylation sites is 1. The Hall–Kier alpha value is -2.08. The second kappa shape index (κ2) is 6.75. The van der Waals surface area contributed by atoms with E-state index < -0.39 is 11.6 Å². The molecule has 0 heterocycles. The zero-order chi connectivity index (χ0) is 14.3. The van der Waals surface area contributed by atoms with Crippen LogP contribution in [0, 0.1) is 0 Å². The number of carbonyl (C=O) groups is 2. The molecule has 1 rings (SSSR count). The first-order valence-electron chi connectivity index (χ1n) is 5.96. The molecule has 0 saturated heterocycles. The number of nitrogens with one attached hydrogen (secondary N) is 3. The van der Waals surface area contributed by atoms with Gasteiger partial charge >= 0.3 is 6.03 Å². The van der Waals surface area contributed by atoms with Gasteiger partial charge in [0.15, 0.2) is 0 Å². The molecule has 104 valence electrons. The maximum absolute atomic E-state index is 11.5. The van der Waals surface area contributed by atoms with Gasteiger partial charge in [-0.05, 0) is 26.0 Å². The Bertz CT molecular complexity index is 427. The lowest BCUT2D eigenvalue weighted by molar-refractivity contribution is -0.121. The molecule has 0 atom stereocenters. The summed E-state index contributed by atoms with van der Waals surface area (Å²) in [6.45, 7) is 3.16. The standard InChI is InChI=1S/C13H19N3O3/c1-13(2,19)9-15-11(17)8-14-12(18)16-10-6-4-3-5-7-10/h3-7,19H,8-9H2,1-2H3,(H,15,17)(H2,14,16,18). The normalized spacial score (nSPS) is 10.7. The molecule has 0 bridgehead atoms. The molecule has 1 aromatic rings. The zero-order valence-electron chi connectivity index (χ0n) is 11.1. The maximum Gasteiger partial charge on any atom is 0.319 e. The van der Waals surface area contributed by atoms with Crippen LogP contribution in [0.4, 0.5) is 10.5 Å². The van der Waals surface area contributed by atoms with E-state index in [4.69, 9.17) is 0 Å². The minimum atomic E-state index is -0.970. The van der Waals surface area contributed by atoms with Crippen LogP contribution in [0.5, 0.6) is 0 Å². The lowest BCUT2D eigenvalue weighted by atomic mass is 10.1. The van der Waals surface area contributed by atoms with E-state index in [0.29, 0.717) is 5.69 Å². The molecule has 6 nitrogen and oxygen atoms in total. The average Bonchev–Trinajstić information content (AvgIpc) is 2.34. The van der Waals surface area contributed by atoms with Gasteiger partial charge in [0.1, 0.15) is 0 Å². The van der Waals surface area contributed by atoms with Crippen molar-refractivity contribution >= 4 is 17.6 Å². The number of anilines is 1. The van der Waals surface area contributed by atoms with Gasteiger partial charge in [0, 0.05) is 12.2 Å². The summed E-state index contributed by atoms with van der Waals surface area (Å²) in [5.41, 5.74) is -0.320. The van der Waals surface area contributed by atoms with E-state index in [9.17, 15) is 14.7 Å². The SMILES string of the molecule is CC(C)(O)CNC(=O)CNC(=O)Nc1ccccc1. The number of benzene rings is 1. The molecule has 0 saturated carbocycles. The van der Waals surface area contributed by atoms with E-state index in [1.165, 1.54) is 0 Å². The van der Waals surface area contributed by atoms with Crippen LogP contribution in [0.2, 0.25) is 0 Å². The summed E-state index contributed by atoms with van der Waals surface area (Å²) in [5, 5.41) is 16.9. The molecule has 3 amide bonds. The smallest absolute Gasteiger partial charge is 0.319 e. The average molecular weight is 265 g/mol. The Kier molecular flexibility index (Phi) is 5.32. The molecule has 4 N–H and O–H groups in total. The van der Waals surface area contributed by atoms with Crippen molar-refractivity contribution in [3.8, 4) is 0 Å². The van der Waals surface area contributed by atoms with Crippen molar-refractivity contribution in [3.05, 3.63) is 30.3 Å². The summed E-state index contributed by atoms with van der Waals surface area (Å²) < 4.78 is 0. The van der Waals surface area contributed by atoms with Gasteiger partial charge in [-0.3, -0.25) is 4.79 Å². The Morgan fingerprint density at radius 3 is 2.37 bits per heavy atom. The molecular weight excluding hydrogens is 246 g/mol. The third-order valence-corrected chi connectivity index (χ3v) is 2.16. The Morgan fingerprint density at radius 1 is 1.16 bits per heavy atom. The predicted molar refractivity (Wildman–Crippen MR) is 72.8 cm³/mol. The van der Waals surface area contributed by atoms with Crippen molar-refractivity contribution < 1.29 is 14.7 Å². The van der Waals surface area contributed by atoms with Crippen molar-refractivity contribution in [1.29, 1.82) is 0 Å². The number of rotatable bonds is 5. The number of aliphatic hydroxyl groups is 1. The molecule has 6 heteroatoms. The number of hydrogen-bond acceptors (Lipinski definition) is 3. The van der Waals surface area contributed by atoms with E-state index in [1.807, 2.05) is 6.07 Å². The predicted octanol–water partition coefficient (Wildman–Crippen LogP) is 0.695. The summed E-state index contributed by atoms with van der Waals surface area (Å²) in [5.74, 6) is -0.356. The summed E-state index contributed by atoms with van der Waals surface area (Å²) in [4.78, 5) is 22.8. The third kappa shape index (κ3) is 7.05. The van der Waals surface area contributed by atoms with Crippen molar-refractivity contribution in [1.82, 2.24) is 10.6 Å². The van der Waals surface area contributed by atoms with Gasteiger partial charge in [-0.25, -0.2) is 4.79 Å². The number of hydrogen-bond donors (Lipinski definition) is 4. The van der Waals surface area contributed by atoms with Crippen molar-refractivity contribution in [2.75, 3.05) is 18.4 Å². The molecule has 0 aliphatic rings. The zero-order valence-corrected chi connectivity index (χ0v) is 11.1. The quantitative estimate of drug-likeness (QED) is 0.631. The van der Waals surface area contributed by atoms with Crippen molar-refractivity contribution in [3.63, 3.8) is 0 Å². The number of carbonyl (C=O) groups excluding carboxylic acids is 2. The molecule has 0 radical (unpaired) electrons. The fourth-order valence-electron chi connectivity index (χ4n) is 1.23. The van der Waals surface area contributed by atoms with Crippen LogP contribution < -0.4 is 16.0 Å². The number of urea groups is 1. The first-order valence-corrected chi connectivity index (χ1v) is 5.96. The highest BCUT2D eigenvalue weighted by Gasteiger charge is 2.14. The van der Waals surface area contributed by atoms with Gasteiger partial charge in [-0.15, -0.1) is 0 Å². The number of amides is 3. The molecule has 19 heavy (non-hydrogen) atoms. The topological polar surface area (TPSA) is 90.5 Å². The molecule has 0 aromatic heterocycles.